The van der Waals surface area contributed by atoms with E-state index < -0.39 is 17.1 Å². The highest BCUT2D eigenvalue weighted by Gasteiger charge is 2.36. The van der Waals surface area contributed by atoms with E-state index in [1.54, 1.807) is 60.7 Å². The fraction of sp³-hybridized carbons (Fsp3) is 0.115. The third-order valence-electron chi connectivity index (χ3n) is 5.04. The molecule has 6 nitrogen and oxygen atoms in total. The molecule has 0 atom stereocenters. The largest absolute Gasteiger partial charge is 0.489 e. The first-order valence-electron chi connectivity index (χ1n) is 10.5. The zero-order chi connectivity index (χ0) is 24.1. The van der Waals surface area contributed by atoms with Gasteiger partial charge in [-0.25, -0.2) is 4.39 Å². The zero-order valence-corrected chi connectivity index (χ0v) is 19.1. The zero-order valence-electron chi connectivity index (χ0n) is 18.3. The fourth-order valence-corrected chi connectivity index (χ4v) is 4.04. The van der Waals surface area contributed by atoms with Crippen LogP contribution in [0.15, 0.2) is 77.7 Å². The number of hydrogen-bond donors (Lipinski definition) is 1. The summed E-state index contributed by atoms with van der Waals surface area (Å²) >= 11 is 0.786. The summed E-state index contributed by atoms with van der Waals surface area (Å²) < 4.78 is 19.3. The van der Waals surface area contributed by atoms with Crippen LogP contribution in [0.4, 0.5) is 14.9 Å². The summed E-state index contributed by atoms with van der Waals surface area (Å²) in [5, 5.41) is 2.18. The van der Waals surface area contributed by atoms with Gasteiger partial charge in [0.15, 0.2) is 0 Å². The summed E-state index contributed by atoms with van der Waals surface area (Å²) in [6.45, 7) is 1.67. The number of carbonyl (C=O) groups is 3. The molecule has 0 saturated carbocycles. The lowest BCUT2D eigenvalue weighted by Crippen LogP contribution is -2.36. The molecule has 0 unspecified atom stereocenters. The Labute approximate surface area is 200 Å². The van der Waals surface area contributed by atoms with E-state index in [4.69, 9.17) is 4.74 Å². The molecule has 1 aliphatic heterocycles. The molecular weight excluding hydrogens is 455 g/mol. The highest BCUT2D eigenvalue weighted by atomic mass is 32.2. The Morgan fingerprint density at radius 1 is 1.03 bits per heavy atom. The molecule has 0 aromatic heterocycles. The number of imide groups is 1. The number of ether oxygens (including phenoxy) is 1. The van der Waals surface area contributed by atoms with Gasteiger partial charge in [0, 0.05) is 11.3 Å². The van der Waals surface area contributed by atoms with Crippen molar-refractivity contribution in [3.63, 3.8) is 0 Å². The molecule has 1 N–H and O–H groups in total. The third-order valence-corrected chi connectivity index (χ3v) is 5.95. The minimum Gasteiger partial charge on any atom is -0.489 e. The van der Waals surface area contributed by atoms with Crippen molar-refractivity contribution in [2.75, 3.05) is 11.9 Å². The van der Waals surface area contributed by atoms with Crippen molar-refractivity contribution in [3.05, 3.63) is 100 Å². The quantitative estimate of drug-likeness (QED) is 0.463. The standard InChI is InChI=1S/C26H21FN2O4S/c1-17-6-10-20(11-7-17)28-24(30)15-29-25(31)23(34-26(29)32)14-18-8-12-21(13-9-18)33-16-19-4-2-3-5-22(19)27/h2-14H,15-16H2,1H3,(H,28,30)/b23-14-. The van der Waals surface area contributed by atoms with Crippen molar-refractivity contribution in [3.8, 4) is 5.75 Å². The molecule has 0 spiro atoms. The SMILES string of the molecule is Cc1ccc(NC(=O)CN2C(=O)S/C(=C\c3ccc(OCc4ccccc4F)cc3)C2=O)cc1. The molecule has 1 fully saturated rings. The van der Waals surface area contributed by atoms with Gasteiger partial charge in [0.1, 0.15) is 24.7 Å². The minimum absolute atomic E-state index is 0.0928. The third kappa shape index (κ3) is 5.71. The maximum atomic E-state index is 13.7. The summed E-state index contributed by atoms with van der Waals surface area (Å²) in [6, 6.07) is 20.5. The second-order valence-electron chi connectivity index (χ2n) is 7.63. The van der Waals surface area contributed by atoms with Crippen LogP contribution in [0.2, 0.25) is 0 Å². The number of anilines is 1. The lowest BCUT2D eigenvalue weighted by atomic mass is 10.2. The maximum Gasteiger partial charge on any atom is 0.294 e. The van der Waals surface area contributed by atoms with Crippen LogP contribution in [0, 0.1) is 12.7 Å². The molecular formula is C26H21FN2O4S. The molecule has 3 amide bonds. The van der Waals surface area contributed by atoms with E-state index in [9.17, 15) is 18.8 Å². The van der Waals surface area contributed by atoms with Crippen LogP contribution in [-0.4, -0.2) is 28.5 Å². The normalized spacial score (nSPS) is 14.5. The van der Waals surface area contributed by atoms with Crippen molar-refractivity contribution in [2.45, 2.75) is 13.5 Å². The minimum atomic E-state index is -0.520. The van der Waals surface area contributed by atoms with E-state index in [1.165, 1.54) is 6.07 Å². The van der Waals surface area contributed by atoms with E-state index in [0.29, 0.717) is 22.6 Å². The number of rotatable bonds is 7. The molecule has 3 aromatic carbocycles. The molecule has 34 heavy (non-hydrogen) atoms. The van der Waals surface area contributed by atoms with Gasteiger partial charge >= 0.3 is 0 Å². The van der Waals surface area contributed by atoms with Crippen LogP contribution in [0.5, 0.6) is 5.75 Å². The second-order valence-corrected chi connectivity index (χ2v) is 8.62. The molecule has 4 rings (SSSR count). The van der Waals surface area contributed by atoms with Gasteiger partial charge in [0.25, 0.3) is 11.1 Å². The summed E-state index contributed by atoms with van der Waals surface area (Å²) in [6.07, 6.45) is 1.59. The molecule has 1 aliphatic rings. The molecule has 8 heteroatoms. The number of carbonyl (C=O) groups excluding carboxylic acids is 3. The average Bonchev–Trinajstić information content (AvgIpc) is 3.08. The van der Waals surface area contributed by atoms with Crippen LogP contribution < -0.4 is 10.1 Å². The van der Waals surface area contributed by atoms with Crippen molar-refractivity contribution < 1.29 is 23.5 Å². The topological polar surface area (TPSA) is 75.7 Å². The van der Waals surface area contributed by atoms with Crippen molar-refractivity contribution in [2.24, 2.45) is 0 Å². The maximum absolute atomic E-state index is 13.7. The molecule has 1 heterocycles. The molecule has 172 valence electrons. The number of thioether (sulfide) groups is 1. The van der Waals surface area contributed by atoms with E-state index >= 15 is 0 Å². The Morgan fingerprint density at radius 3 is 2.44 bits per heavy atom. The molecule has 0 radical (unpaired) electrons. The first-order chi connectivity index (χ1) is 16.4. The van der Waals surface area contributed by atoms with Crippen molar-refractivity contribution >= 4 is 40.6 Å². The summed E-state index contributed by atoms with van der Waals surface area (Å²) in [7, 11) is 0. The van der Waals surface area contributed by atoms with Gasteiger partial charge in [-0.3, -0.25) is 19.3 Å². The second kappa shape index (κ2) is 10.4. The van der Waals surface area contributed by atoms with Crippen molar-refractivity contribution in [1.82, 2.24) is 4.90 Å². The number of amides is 3. The molecule has 3 aromatic rings. The van der Waals surface area contributed by atoms with Crippen LogP contribution in [0.3, 0.4) is 0 Å². The lowest BCUT2D eigenvalue weighted by Gasteiger charge is -2.12. The Kier molecular flexibility index (Phi) is 7.08. The molecule has 1 saturated heterocycles. The highest BCUT2D eigenvalue weighted by molar-refractivity contribution is 8.18. The number of hydrogen-bond acceptors (Lipinski definition) is 5. The molecule has 0 aliphatic carbocycles. The van der Waals surface area contributed by atoms with Crippen LogP contribution >= 0.6 is 11.8 Å². The van der Waals surface area contributed by atoms with Gasteiger partial charge in [0.2, 0.25) is 5.91 Å². The van der Waals surface area contributed by atoms with Gasteiger partial charge in [0.05, 0.1) is 4.91 Å². The fourth-order valence-electron chi connectivity index (χ4n) is 3.21. The summed E-state index contributed by atoms with van der Waals surface area (Å²) in [5.74, 6) is -0.763. The van der Waals surface area contributed by atoms with E-state index in [2.05, 4.69) is 5.32 Å². The highest BCUT2D eigenvalue weighted by Crippen LogP contribution is 2.32. The Balaban J connectivity index is 1.36. The van der Waals surface area contributed by atoms with E-state index in [-0.39, 0.29) is 23.9 Å². The summed E-state index contributed by atoms with van der Waals surface area (Å²) in [5.41, 5.74) is 2.79. The molecule has 0 bridgehead atoms. The lowest BCUT2D eigenvalue weighted by molar-refractivity contribution is -0.127. The first kappa shape index (κ1) is 23.3. The first-order valence-corrected chi connectivity index (χ1v) is 11.3. The van der Waals surface area contributed by atoms with E-state index in [1.807, 2.05) is 19.1 Å². The number of nitrogens with one attached hydrogen (secondary N) is 1. The van der Waals surface area contributed by atoms with Gasteiger partial charge in [-0.15, -0.1) is 0 Å². The smallest absolute Gasteiger partial charge is 0.294 e. The average molecular weight is 477 g/mol. The van der Waals surface area contributed by atoms with Gasteiger partial charge < -0.3 is 10.1 Å². The Hall–Kier alpha value is -3.91. The van der Waals surface area contributed by atoms with Gasteiger partial charge in [-0.05, 0) is 60.7 Å². The van der Waals surface area contributed by atoms with E-state index in [0.717, 1.165) is 22.2 Å². The predicted octanol–water partition coefficient (Wildman–Crippen LogP) is 5.39. The monoisotopic (exact) mass is 476 g/mol. The number of benzene rings is 3. The van der Waals surface area contributed by atoms with Gasteiger partial charge in [-0.2, -0.15) is 0 Å². The van der Waals surface area contributed by atoms with Crippen LogP contribution in [0.1, 0.15) is 16.7 Å². The predicted molar refractivity (Wildman–Crippen MR) is 130 cm³/mol. The number of halogens is 1. The van der Waals surface area contributed by atoms with Crippen LogP contribution in [0.25, 0.3) is 6.08 Å². The van der Waals surface area contributed by atoms with Crippen molar-refractivity contribution in [1.29, 1.82) is 0 Å². The summed E-state index contributed by atoms with van der Waals surface area (Å²) in [4.78, 5) is 38.5. The Bertz CT molecular complexity index is 1260. The Morgan fingerprint density at radius 2 is 1.74 bits per heavy atom. The number of nitrogens with zero attached hydrogens (tertiary/aromatic N) is 1. The number of aryl methyl sites for hydroxylation is 1. The van der Waals surface area contributed by atoms with Gasteiger partial charge in [-0.1, -0.05) is 48.0 Å². The van der Waals surface area contributed by atoms with Crippen LogP contribution in [-0.2, 0) is 16.2 Å².